The van der Waals surface area contributed by atoms with Gasteiger partial charge in [-0.05, 0) is 46.8 Å². The minimum Gasteiger partial charge on any atom is -0.463 e. The smallest absolute Gasteiger partial charge is 0.338 e. The topological polar surface area (TPSA) is 112 Å². The van der Waals surface area contributed by atoms with Gasteiger partial charge in [0, 0.05) is 5.56 Å². The first-order chi connectivity index (χ1) is 13.9. The van der Waals surface area contributed by atoms with Crippen LogP contribution in [0, 0.1) is 23.0 Å². The molecular formula is C21H22F2N2O5. The van der Waals surface area contributed by atoms with Crippen LogP contribution in [-0.2, 0) is 19.0 Å². The van der Waals surface area contributed by atoms with Crippen molar-refractivity contribution in [2.75, 3.05) is 6.61 Å². The van der Waals surface area contributed by atoms with Gasteiger partial charge in [-0.15, -0.1) is 0 Å². The second-order valence-corrected chi connectivity index (χ2v) is 7.47. The van der Waals surface area contributed by atoms with E-state index in [-0.39, 0.29) is 35.0 Å². The molecule has 0 saturated heterocycles. The molecule has 0 spiro atoms. The SMILES string of the molecule is CCOC(=O)C1=C(C)OC(N)=C(C#N)C1c1c(F)cc(C(=O)OC(C)(C)C)cc1F. The van der Waals surface area contributed by atoms with Crippen molar-refractivity contribution in [2.24, 2.45) is 5.73 Å². The summed E-state index contributed by atoms with van der Waals surface area (Å²) in [5.41, 5.74) is 3.25. The summed E-state index contributed by atoms with van der Waals surface area (Å²) in [5, 5.41) is 9.50. The Labute approximate surface area is 172 Å². The lowest BCUT2D eigenvalue weighted by molar-refractivity contribution is -0.139. The average Bonchev–Trinajstić information content (AvgIpc) is 2.59. The van der Waals surface area contributed by atoms with Crippen molar-refractivity contribution in [3.63, 3.8) is 0 Å². The largest absolute Gasteiger partial charge is 0.463 e. The van der Waals surface area contributed by atoms with E-state index in [1.807, 2.05) is 0 Å². The second kappa shape index (κ2) is 8.53. The number of rotatable bonds is 4. The third-order valence-corrected chi connectivity index (χ3v) is 4.10. The van der Waals surface area contributed by atoms with Crippen LogP contribution < -0.4 is 5.73 Å². The van der Waals surface area contributed by atoms with Crippen LogP contribution in [0.5, 0.6) is 0 Å². The first-order valence-corrected chi connectivity index (χ1v) is 9.09. The number of allylic oxidation sites excluding steroid dienone is 2. The summed E-state index contributed by atoms with van der Waals surface area (Å²) in [6, 6.07) is 3.30. The summed E-state index contributed by atoms with van der Waals surface area (Å²) in [6.07, 6.45) is 0. The predicted molar refractivity (Wildman–Crippen MR) is 102 cm³/mol. The fraction of sp³-hybridized carbons (Fsp3) is 0.381. The zero-order chi connectivity index (χ0) is 22.8. The second-order valence-electron chi connectivity index (χ2n) is 7.47. The number of hydrogen-bond acceptors (Lipinski definition) is 7. The van der Waals surface area contributed by atoms with Gasteiger partial charge in [-0.3, -0.25) is 0 Å². The van der Waals surface area contributed by atoms with Gasteiger partial charge in [-0.2, -0.15) is 5.26 Å². The summed E-state index contributed by atoms with van der Waals surface area (Å²) >= 11 is 0. The van der Waals surface area contributed by atoms with Crippen LogP contribution in [0.15, 0.2) is 34.9 Å². The highest BCUT2D eigenvalue weighted by atomic mass is 19.1. The Bertz CT molecular complexity index is 977. The van der Waals surface area contributed by atoms with Gasteiger partial charge < -0.3 is 19.9 Å². The molecule has 1 aliphatic rings. The molecule has 0 bridgehead atoms. The summed E-state index contributed by atoms with van der Waals surface area (Å²) < 4.78 is 45.4. The molecular weight excluding hydrogens is 398 g/mol. The lowest BCUT2D eigenvalue weighted by atomic mass is 9.82. The van der Waals surface area contributed by atoms with Crippen molar-refractivity contribution < 1.29 is 32.6 Å². The number of carbonyl (C=O) groups is 2. The molecule has 160 valence electrons. The van der Waals surface area contributed by atoms with Crippen molar-refractivity contribution in [1.82, 2.24) is 0 Å². The third-order valence-electron chi connectivity index (χ3n) is 4.10. The molecule has 0 radical (unpaired) electrons. The van der Waals surface area contributed by atoms with Gasteiger partial charge in [0.2, 0.25) is 5.88 Å². The number of ether oxygens (including phenoxy) is 3. The van der Waals surface area contributed by atoms with Crippen LogP contribution in [0.1, 0.15) is 56.5 Å². The van der Waals surface area contributed by atoms with E-state index in [4.69, 9.17) is 19.9 Å². The Balaban J connectivity index is 2.66. The molecule has 0 aromatic heterocycles. The number of halogens is 2. The van der Waals surface area contributed by atoms with Crippen LogP contribution in [-0.4, -0.2) is 24.1 Å². The average molecular weight is 420 g/mol. The van der Waals surface area contributed by atoms with E-state index in [0.717, 1.165) is 12.1 Å². The number of nitrogens with zero attached hydrogens (tertiary/aromatic N) is 1. The number of nitriles is 1. The lowest BCUT2D eigenvalue weighted by Crippen LogP contribution is -2.27. The number of hydrogen-bond donors (Lipinski definition) is 1. The molecule has 1 aromatic carbocycles. The Morgan fingerprint density at radius 3 is 2.27 bits per heavy atom. The molecule has 1 aromatic rings. The van der Waals surface area contributed by atoms with Crippen LogP contribution in [0.4, 0.5) is 8.78 Å². The van der Waals surface area contributed by atoms with Gasteiger partial charge >= 0.3 is 11.9 Å². The van der Waals surface area contributed by atoms with Crippen LogP contribution in [0.3, 0.4) is 0 Å². The predicted octanol–water partition coefficient (Wildman–Crippen LogP) is 3.56. The maximum Gasteiger partial charge on any atom is 0.338 e. The molecule has 1 atom stereocenters. The monoisotopic (exact) mass is 420 g/mol. The maximum absolute atomic E-state index is 15.0. The molecule has 0 fully saturated rings. The van der Waals surface area contributed by atoms with Gasteiger partial charge in [0.25, 0.3) is 0 Å². The Morgan fingerprint density at radius 1 is 1.23 bits per heavy atom. The minimum absolute atomic E-state index is 0.00797. The van der Waals surface area contributed by atoms with Crippen molar-refractivity contribution >= 4 is 11.9 Å². The van der Waals surface area contributed by atoms with Crippen molar-refractivity contribution in [2.45, 2.75) is 46.1 Å². The van der Waals surface area contributed by atoms with Gasteiger partial charge in [0.05, 0.1) is 23.7 Å². The van der Waals surface area contributed by atoms with Crippen LogP contribution in [0.2, 0.25) is 0 Å². The standard InChI is InChI=1S/C21H22F2N2O5/c1-6-28-20(27)15-10(2)29-18(25)12(9-24)16(15)17-13(22)7-11(8-14(17)23)19(26)30-21(3,4)5/h7-8,16H,6,25H2,1-5H3. The van der Waals surface area contributed by atoms with E-state index in [0.29, 0.717) is 0 Å². The normalized spacial score (nSPS) is 16.7. The summed E-state index contributed by atoms with van der Waals surface area (Å²) in [7, 11) is 0. The number of nitrogens with two attached hydrogens (primary N) is 1. The van der Waals surface area contributed by atoms with Gasteiger partial charge in [0.1, 0.15) is 34.6 Å². The van der Waals surface area contributed by atoms with Crippen molar-refractivity contribution in [3.05, 3.63) is 57.7 Å². The number of benzene rings is 1. The van der Waals surface area contributed by atoms with Crippen LogP contribution in [0.25, 0.3) is 0 Å². The van der Waals surface area contributed by atoms with Gasteiger partial charge in [-0.25, -0.2) is 18.4 Å². The molecule has 1 heterocycles. The molecule has 7 nitrogen and oxygen atoms in total. The minimum atomic E-state index is -1.50. The van der Waals surface area contributed by atoms with E-state index < -0.39 is 40.7 Å². The summed E-state index contributed by atoms with van der Waals surface area (Å²) in [4.78, 5) is 24.7. The Morgan fingerprint density at radius 2 is 1.80 bits per heavy atom. The highest BCUT2D eigenvalue weighted by Gasteiger charge is 2.39. The zero-order valence-electron chi connectivity index (χ0n) is 17.3. The fourth-order valence-electron chi connectivity index (χ4n) is 2.96. The Hall–Kier alpha value is -3.41. The first kappa shape index (κ1) is 22.9. The molecule has 0 amide bonds. The zero-order valence-corrected chi connectivity index (χ0v) is 17.3. The molecule has 30 heavy (non-hydrogen) atoms. The quantitative estimate of drug-likeness (QED) is 0.741. The molecule has 9 heteroatoms. The van der Waals surface area contributed by atoms with E-state index in [9.17, 15) is 14.9 Å². The van der Waals surface area contributed by atoms with E-state index in [2.05, 4.69) is 0 Å². The van der Waals surface area contributed by atoms with Gasteiger partial charge in [0.15, 0.2) is 0 Å². The van der Waals surface area contributed by atoms with Gasteiger partial charge in [-0.1, -0.05) is 0 Å². The third kappa shape index (κ3) is 4.59. The number of carbonyl (C=O) groups excluding carboxylic acids is 2. The fourth-order valence-corrected chi connectivity index (χ4v) is 2.96. The molecule has 1 unspecified atom stereocenters. The van der Waals surface area contributed by atoms with E-state index in [1.165, 1.54) is 6.92 Å². The molecule has 2 rings (SSSR count). The highest BCUT2D eigenvalue weighted by Crippen LogP contribution is 2.41. The highest BCUT2D eigenvalue weighted by molar-refractivity contribution is 5.93. The van der Waals surface area contributed by atoms with E-state index >= 15 is 8.78 Å². The Kier molecular flexibility index (Phi) is 6.50. The molecule has 0 aliphatic carbocycles. The molecule has 0 saturated carbocycles. The lowest BCUT2D eigenvalue weighted by Gasteiger charge is -2.27. The summed E-state index contributed by atoms with van der Waals surface area (Å²) in [6.45, 7) is 7.75. The molecule has 2 N–H and O–H groups in total. The van der Waals surface area contributed by atoms with Crippen LogP contribution >= 0.6 is 0 Å². The van der Waals surface area contributed by atoms with Crippen molar-refractivity contribution in [3.8, 4) is 6.07 Å². The van der Waals surface area contributed by atoms with E-state index in [1.54, 1.807) is 33.8 Å². The summed E-state index contributed by atoms with van der Waals surface area (Å²) in [5.74, 6) is -6.08. The molecule has 1 aliphatic heterocycles. The number of esters is 2. The first-order valence-electron chi connectivity index (χ1n) is 9.09. The van der Waals surface area contributed by atoms with Crippen molar-refractivity contribution in [1.29, 1.82) is 5.26 Å². The maximum atomic E-state index is 15.0.